The van der Waals surface area contributed by atoms with Crippen LogP contribution in [0.3, 0.4) is 0 Å². The van der Waals surface area contributed by atoms with E-state index in [1.165, 1.54) is 71.4 Å². The summed E-state index contributed by atoms with van der Waals surface area (Å²) in [6.45, 7) is 36.5. The van der Waals surface area contributed by atoms with E-state index in [-0.39, 0.29) is 16.7 Å². The molecule has 8 nitrogen and oxygen atoms in total. The molecule has 1 aromatic heterocycles. The standard InChI is InChI=1S/C37H67N7O/c1-33(2,3)42-15-13-37(14-16-42)25-32(26-37)41-19-23-44(24-20-41)36(9,10)29-35(7,8)43-21-17-40(18-22-43)27-30-11-12-31(39-38-30)28-45-34(4,5)6/h11-12,32H,13-29H2,1-10H3. The molecule has 3 aliphatic heterocycles. The molecule has 8 heteroatoms. The second kappa shape index (κ2) is 13.4. The summed E-state index contributed by atoms with van der Waals surface area (Å²) in [5, 5.41) is 8.92. The van der Waals surface area contributed by atoms with Crippen molar-refractivity contribution in [1.29, 1.82) is 0 Å². The third-order valence-electron chi connectivity index (χ3n) is 11.7. The van der Waals surface area contributed by atoms with Gasteiger partial charge in [0.25, 0.3) is 0 Å². The number of nitrogens with zero attached hydrogens (tertiary/aromatic N) is 7. The molecule has 0 atom stereocenters. The highest BCUT2D eigenvalue weighted by molar-refractivity contribution is 5.07. The lowest BCUT2D eigenvalue weighted by Crippen LogP contribution is -2.63. The van der Waals surface area contributed by atoms with E-state index in [9.17, 15) is 0 Å². The van der Waals surface area contributed by atoms with Gasteiger partial charge in [-0.2, -0.15) is 10.2 Å². The summed E-state index contributed by atoms with van der Waals surface area (Å²) >= 11 is 0. The average Bonchev–Trinajstić information content (AvgIpc) is 2.94. The van der Waals surface area contributed by atoms with Gasteiger partial charge in [0.2, 0.25) is 0 Å². The van der Waals surface area contributed by atoms with Crippen LogP contribution in [-0.4, -0.2) is 128 Å². The molecule has 0 N–H and O–H groups in total. The third kappa shape index (κ3) is 9.05. The summed E-state index contributed by atoms with van der Waals surface area (Å²) in [6, 6.07) is 5.01. The van der Waals surface area contributed by atoms with E-state index in [2.05, 4.69) is 116 Å². The number of piperazine rings is 2. The van der Waals surface area contributed by atoms with Crippen molar-refractivity contribution in [2.24, 2.45) is 5.41 Å². The zero-order chi connectivity index (χ0) is 32.7. The Morgan fingerprint density at radius 3 is 1.67 bits per heavy atom. The maximum Gasteiger partial charge on any atom is 0.0913 e. The zero-order valence-corrected chi connectivity index (χ0v) is 30.8. The Kier molecular flexibility index (Phi) is 10.5. The van der Waals surface area contributed by atoms with E-state index < -0.39 is 0 Å². The van der Waals surface area contributed by atoms with Crippen LogP contribution in [0.25, 0.3) is 0 Å². The molecule has 3 saturated heterocycles. The number of ether oxygens (including phenoxy) is 1. The van der Waals surface area contributed by atoms with Crippen molar-refractivity contribution in [2.45, 2.75) is 143 Å². The van der Waals surface area contributed by atoms with Crippen LogP contribution in [0.1, 0.15) is 113 Å². The van der Waals surface area contributed by atoms with Crippen molar-refractivity contribution >= 4 is 0 Å². The molecule has 45 heavy (non-hydrogen) atoms. The smallest absolute Gasteiger partial charge is 0.0913 e. The van der Waals surface area contributed by atoms with Gasteiger partial charge in [-0.3, -0.25) is 24.5 Å². The van der Waals surface area contributed by atoms with Gasteiger partial charge in [0.1, 0.15) is 0 Å². The number of piperidine rings is 1. The largest absolute Gasteiger partial charge is 0.370 e. The third-order valence-corrected chi connectivity index (χ3v) is 11.7. The van der Waals surface area contributed by atoms with Gasteiger partial charge >= 0.3 is 0 Å². The summed E-state index contributed by atoms with van der Waals surface area (Å²) in [5.74, 6) is 0. The molecule has 0 unspecified atom stereocenters. The van der Waals surface area contributed by atoms with Crippen LogP contribution >= 0.6 is 0 Å². The molecule has 1 aromatic rings. The van der Waals surface area contributed by atoms with E-state index in [4.69, 9.17) is 4.74 Å². The summed E-state index contributed by atoms with van der Waals surface area (Å²) in [4.78, 5) is 13.6. The molecule has 0 aromatic carbocycles. The SMILES string of the molecule is CC(C)(C)OCc1ccc(CN2CCN(C(C)(C)CC(C)(C)N3CCN(C4CC5(CCN(C(C)(C)C)CC5)C4)CC3)CC2)nn1. The fourth-order valence-electron chi connectivity index (χ4n) is 8.81. The summed E-state index contributed by atoms with van der Waals surface area (Å²) in [5.41, 5.74) is 3.11. The minimum atomic E-state index is -0.165. The Bertz CT molecular complexity index is 1070. The molecule has 1 aliphatic carbocycles. The molecule has 0 bridgehead atoms. The molecule has 1 spiro atoms. The quantitative estimate of drug-likeness (QED) is 0.356. The lowest BCUT2D eigenvalue weighted by molar-refractivity contribution is -0.0781. The molecule has 4 heterocycles. The van der Waals surface area contributed by atoms with E-state index in [0.29, 0.717) is 17.6 Å². The highest BCUT2D eigenvalue weighted by Gasteiger charge is 2.49. The van der Waals surface area contributed by atoms with Crippen LogP contribution in [0.15, 0.2) is 12.1 Å². The molecular weight excluding hydrogens is 558 g/mol. The fourth-order valence-corrected chi connectivity index (χ4v) is 8.81. The Morgan fingerprint density at radius 1 is 0.667 bits per heavy atom. The van der Waals surface area contributed by atoms with Gasteiger partial charge in [0, 0.05) is 81.6 Å². The number of aromatic nitrogens is 2. The van der Waals surface area contributed by atoms with Gasteiger partial charge in [-0.05, 0) is 132 Å². The van der Waals surface area contributed by atoms with E-state index in [0.717, 1.165) is 50.2 Å². The second-order valence-electron chi connectivity index (χ2n) is 18.2. The van der Waals surface area contributed by atoms with Gasteiger partial charge in [0.05, 0.1) is 23.6 Å². The molecule has 0 radical (unpaired) electrons. The van der Waals surface area contributed by atoms with Crippen LogP contribution in [0.4, 0.5) is 0 Å². The van der Waals surface area contributed by atoms with Gasteiger partial charge in [-0.1, -0.05) is 0 Å². The second-order valence-corrected chi connectivity index (χ2v) is 18.2. The van der Waals surface area contributed by atoms with Crippen LogP contribution in [-0.2, 0) is 17.9 Å². The van der Waals surface area contributed by atoms with Crippen LogP contribution in [0.2, 0.25) is 0 Å². The maximum atomic E-state index is 5.85. The number of rotatable bonds is 9. The van der Waals surface area contributed by atoms with E-state index in [1.807, 2.05) is 0 Å². The fraction of sp³-hybridized carbons (Fsp3) is 0.892. The van der Waals surface area contributed by atoms with Gasteiger partial charge in [-0.15, -0.1) is 0 Å². The normalized spacial score (nSPS) is 24.3. The highest BCUT2D eigenvalue weighted by Crippen LogP contribution is 2.51. The predicted molar refractivity (Wildman–Crippen MR) is 185 cm³/mol. The van der Waals surface area contributed by atoms with Crippen LogP contribution < -0.4 is 0 Å². The zero-order valence-electron chi connectivity index (χ0n) is 30.8. The Morgan fingerprint density at radius 2 is 1.18 bits per heavy atom. The van der Waals surface area contributed by atoms with Crippen molar-refractivity contribution in [3.8, 4) is 0 Å². The van der Waals surface area contributed by atoms with E-state index >= 15 is 0 Å². The first-order chi connectivity index (χ1) is 20.9. The topological polar surface area (TPSA) is 51.2 Å². The minimum Gasteiger partial charge on any atom is -0.370 e. The summed E-state index contributed by atoms with van der Waals surface area (Å²) < 4.78 is 5.85. The first-order valence-electron chi connectivity index (χ1n) is 18.1. The molecule has 256 valence electrons. The van der Waals surface area contributed by atoms with Crippen LogP contribution in [0.5, 0.6) is 0 Å². The van der Waals surface area contributed by atoms with Gasteiger partial charge < -0.3 is 4.74 Å². The first kappa shape index (κ1) is 35.2. The van der Waals surface area contributed by atoms with Crippen LogP contribution in [0, 0.1) is 5.41 Å². The van der Waals surface area contributed by atoms with Crippen molar-refractivity contribution in [2.75, 3.05) is 65.4 Å². The monoisotopic (exact) mass is 626 g/mol. The average molecular weight is 626 g/mol. The minimum absolute atomic E-state index is 0.165. The lowest BCUT2D eigenvalue weighted by Gasteiger charge is -2.58. The molecule has 4 fully saturated rings. The number of hydrogen-bond acceptors (Lipinski definition) is 8. The first-order valence-corrected chi connectivity index (χ1v) is 18.1. The molecule has 0 amide bonds. The van der Waals surface area contributed by atoms with Crippen molar-refractivity contribution in [3.05, 3.63) is 23.5 Å². The highest BCUT2D eigenvalue weighted by atomic mass is 16.5. The number of likely N-dealkylation sites (tertiary alicyclic amines) is 1. The Balaban J connectivity index is 1.02. The number of hydrogen-bond donors (Lipinski definition) is 0. The molecule has 5 rings (SSSR count). The predicted octanol–water partition coefficient (Wildman–Crippen LogP) is 5.52. The summed E-state index contributed by atoms with van der Waals surface area (Å²) in [6.07, 6.45) is 6.90. The molecular formula is C37H67N7O. The Hall–Kier alpha value is -1.16. The maximum absolute atomic E-state index is 5.85. The van der Waals surface area contributed by atoms with Crippen molar-refractivity contribution in [3.63, 3.8) is 0 Å². The summed E-state index contributed by atoms with van der Waals surface area (Å²) in [7, 11) is 0. The van der Waals surface area contributed by atoms with E-state index in [1.54, 1.807) is 0 Å². The Labute approximate surface area is 276 Å². The van der Waals surface area contributed by atoms with Gasteiger partial charge in [-0.25, -0.2) is 0 Å². The molecule has 4 aliphatic rings. The molecule has 1 saturated carbocycles. The van der Waals surface area contributed by atoms with Crippen molar-refractivity contribution in [1.82, 2.24) is 34.7 Å². The van der Waals surface area contributed by atoms with Gasteiger partial charge in [0.15, 0.2) is 0 Å². The van der Waals surface area contributed by atoms with Crippen molar-refractivity contribution < 1.29 is 4.74 Å². The lowest BCUT2D eigenvalue weighted by atomic mass is 9.59.